The number of nitrogens with zero attached hydrogens (tertiary/aromatic N) is 2. The summed E-state index contributed by atoms with van der Waals surface area (Å²) in [5, 5.41) is 6.84. The van der Waals surface area contributed by atoms with Gasteiger partial charge in [0.1, 0.15) is 11.5 Å². The fourth-order valence-electron chi connectivity index (χ4n) is 3.95. The predicted molar refractivity (Wildman–Crippen MR) is 128 cm³/mol. The van der Waals surface area contributed by atoms with Crippen LogP contribution in [0.1, 0.15) is 34.3 Å². The molecular formula is C25H27N3O7. The molecule has 0 spiro atoms. The molecule has 35 heavy (non-hydrogen) atoms. The second-order valence-electron chi connectivity index (χ2n) is 8.04. The van der Waals surface area contributed by atoms with Gasteiger partial charge >= 0.3 is 0 Å². The van der Waals surface area contributed by atoms with Gasteiger partial charge < -0.3 is 33.7 Å². The van der Waals surface area contributed by atoms with E-state index in [1.165, 1.54) is 21.3 Å². The van der Waals surface area contributed by atoms with E-state index in [2.05, 4.69) is 10.5 Å². The van der Waals surface area contributed by atoms with E-state index < -0.39 is 12.0 Å². The lowest BCUT2D eigenvalue weighted by molar-refractivity contribution is -0.125. The van der Waals surface area contributed by atoms with E-state index in [4.69, 9.17) is 23.5 Å². The number of anilines is 2. The van der Waals surface area contributed by atoms with Gasteiger partial charge in [-0.2, -0.15) is 0 Å². The first-order valence-electron chi connectivity index (χ1n) is 10.9. The van der Waals surface area contributed by atoms with Crippen molar-refractivity contribution in [2.24, 2.45) is 0 Å². The van der Waals surface area contributed by atoms with Gasteiger partial charge in [-0.3, -0.25) is 9.59 Å². The van der Waals surface area contributed by atoms with Crippen LogP contribution in [-0.2, 0) is 11.3 Å². The molecule has 0 fully saturated rings. The van der Waals surface area contributed by atoms with Crippen molar-refractivity contribution in [3.8, 4) is 23.0 Å². The van der Waals surface area contributed by atoms with Crippen LogP contribution < -0.4 is 29.2 Å². The zero-order chi connectivity index (χ0) is 25.3. The van der Waals surface area contributed by atoms with E-state index in [0.29, 0.717) is 51.4 Å². The topological polar surface area (TPSA) is 112 Å². The van der Waals surface area contributed by atoms with E-state index in [1.54, 1.807) is 49.1 Å². The molecule has 1 aliphatic rings. The Balaban J connectivity index is 1.66. The summed E-state index contributed by atoms with van der Waals surface area (Å²) in [6, 6.07) is 8.27. The second-order valence-corrected chi connectivity index (χ2v) is 8.04. The number of carbonyl (C=O) groups excluding carboxylic acids is 2. The number of rotatable bonds is 7. The highest BCUT2D eigenvalue weighted by Crippen LogP contribution is 2.40. The highest BCUT2D eigenvalue weighted by molar-refractivity contribution is 6.06. The number of fused-ring (bicyclic) bond motifs is 1. The average Bonchev–Trinajstić information content (AvgIpc) is 3.17. The summed E-state index contributed by atoms with van der Waals surface area (Å²) in [5.74, 6) is 1.70. The monoisotopic (exact) mass is 481 g/mol. The summed E-state index contributed by atoms with van der Waals surface area (Å²) >= 11 is 0. The number of aryl methyl sites for hydroxylation is 2. The van der Waals surface area contributed by atoms with Crippen LogP contribution >= 0.6 is 0 Å². The van der Waals surface area contributed by atoms with Gasteiger partial charge in [-0.1, -0.05) is 5.16 Å². The lowest BCUT2D eigenvalue weighted by atomic mass is 10.1. The Hall–Kier alpha value is -4.21. The molecule has 1 aromatic heterocycles. The lowest BCUT2D eigenvalue weighted by Gasteiger charge is -2.33. The molecule has 3 aromatic rings. The number of methoxy groups -OCH3 is 3. The van der Waals surface area contributed by atoms with Crippen molar-refractivity contribution in [2.45, 2.75) is 33.4 Å². The fraction of sp³-hybridized carbons (Fsp3) is 0.320. The molecule has 0 aliphatic carbocycles. The van der Waals surface area contributed by atoms with Crippen molar-refractivity contribution in [1.29, 1.82) is 0 Å². The van der Waals surface area contributed by atoms with E-state index in [9.17, 15) is 9.59 Å². The smallest absolute Gasteiger partial charge is 0.268 e. The van der Waals surface area contributed by atoms with Crippen LogP contribution in [0, 0.1) is 13.8 Å². The molecule has 1 unspecified atom stereocenters. The average molecular weight is 482 g/mol. The van der Waals surface area contributed by atoms with E-state index in [1.807, 2.05) is 6.92 Å². The van der Waals surface area contributed by atoms with Crippen LogP contribution in [0.15, 0.2) is 34.9 Å². The standard InChI is InChI=1S/C25H27N3O7/c1-13-18(14(2)35-27-13)12-28-19-11-17(7-8-20(19)34-15(3)25(28)30)26-24(29)16-9-21(31-4)23(33-6)22(10-16)32-5/h7-11,15H,12H2,1-6H3,(H,26,29). The van der Waals surface area contributed by atoms with Crippen LogP contribution in [0.3, 0.4) is 0 Å². The first kappa shape index (κ1) is 23.9. The van der Waals surface area contributed by atoms with Gasteiger partial charge in [-0.25, -0.2) is 0 Å². The third kappa shape index (κ3) is 4.46. The molecule has 2 amide bonds. The number of ether oxygens (including phenoxy) is 4. The number of amides is 2. The van der Waals surface area contributed by atoms with Gasteiger partial charge in [0.2, 0.25) is 5.75 Å². The maximum atomic E-state index is 13.1. The Kier molecular flexibility index (Phi) is 6.54. The normalized spacial score (nSPS) is 14.7. The summed E-state index contributed by atoms with van der Waals surface area (Å²) in [5.41, 5.74) is 2.87. The van der Waals surface area contributed by atoms with Crippen LogP contribution in [0.2, 0.25) is 0 Å². The first-order chi connectivity index (χ1) is 16.8. The molecular weight excluding hydrogens is 454 g/mol. The zero-order valence-corrected chi connectivity index (χ0v) is 20.4. The van der Waals surface area contributed by atoms with Gasteiger partial charge in [0.15, 0.2) is 17.6 Å². The van der Waals surface area contributed by atoms with Gasteiger partial charge in [-0.15, -0.1) is 0 Å². The van der Waals surface area contributed by atoms with Crippen LogP contribution in [0.4, 0.5) is 11.4 Å². The minimum atomic E-state index is -0.650. The maximum absolute atomic E-state index is 13.1. The summed E-state index contributed by atoms with van der Waals surface area (Å²) in [6.07, 6.45) is -0.650. The van der Waals surface area contributed by atoms with E-state index in [0.717, 1.165) is 5.56 Å². The van der Waals surface area contributed by atoms with Crippen molar-refractivity contribution in [3.05, 3.63) is 52.9 Å². The molecule has 10 nitrogen and oxygen atoms in total. The van der Waals surface area contributed by atoms with Gasteiger partial charge in [-0.05, 0) is 51.1 Å². The van der Waals surface area contributed by atoms with Crippen molar-refractivity contribution < 1.29 is 33.1 Å². The van der Waals surface area contributed by atoms with Crippen molar-refractivity contribution >= 4 is 23.2 Å². The molecule has 1 N–H and O–H groups in total. The van der Waals surface area contributed by atoms with Crippen LogP contribution in [0.5, 0.6) is 23.0 Å². The number of hydrogen-bond donors (Lipinski definition) is 1. The Morgan fingerprint density at radius 3 is 2.34 bits per heavy atom. The van der Waals surface area contributed by atoms with Gasteiger partial charge in [0, 0.05) is 16.8 Å². The Morgan fingerprint density at radius 2 is 1.77 bits per heavy atom. The van der Waals surface area contributed by atoms with Crippen LogP contribution in [-0.4, -0.2) is 44.4 Å². The SMILES string of the molecule is COc1cc(C(=O)Nc2ccc3c(c2)N(Cc2c(C)noc2C)C(=O)C(C)O3)cc(OC)c1OC. The lowest BCUT2D eigenvalue weighted by Crippen LogP contribution is -2.44. The molecule has 1 atom stereocenters. The molecule has 0 saturated heterocycles. The van der Waals surface area contributed by atoms with Gasteiger partial charge in [0.25, 0.3) is 11.8 Å². The number of carbonyl (C=O) groups is 2. The predicted octanol–water partition coefficient (Wildman–Crippen LogP) is 3.88. The van der Waals surface area contributed by atoms with Crippen molar-refractivity contribution in [1.82, 2.24) is 5.16 Å². The number of nitrogens with one attached hydrogen (secondary N) is 1. The molecule has 4 rings (SSSR count). The fourth-order valence-corrected chi connectivity index (χ4v) is 3.95. The molecule has 1 aliphatic heterocycles. The van der Waals surface area contributed by atoms with E-state index in [-0.39, 0.29) is 12.5 Å². The first-order valence-corrected chi connectivity index (χ1v) is 10.9. The molecule has 0 saturated carbocycles. The molecule has 184 valence electrons. The van der Waals surface area contributed by atoms with Crippen molar-refractivity contribution in [3.63, 3.8) is 0 Å². The minimum Gasteiger partial charge on any atom is -0.493 e. The Bertz CT molecular complexity index is 1240. The largest absolute Gasteiger partial charge is 0.493 e. The van der Waals surface area contributed by atoms with Gasteiger partial charge in [0.05, 0.1) is 39.3 Å². The molecule has 0 bridgehead atoms. The van der Waals surface area contributed by atoms with Crippen LogP contribution in [0.25, 0.3) is 0 Å². The number of benzene rings is 2. The summed E-state index contributed by atoms with van der Waals surface area (Å²) in [4.78, 5) is 27.7. The summed E-state index contributed by atoms with van der Waals surface area (Å²) in [7, 11) is 4.45. The Labute approximate surface area is 202 Å². The zero-order valence-electron chi connectivity index (χ0n) is 20.4. The number of hydrogen-bond acceptors (Lipinski definition) is 8. The quantitative estimate of drug-likeness (QED) is 0.541. The highest BCUT2D eigenvalue weighted by Gasteiger charge is 2.33. The molecule has 10 heteroatoms. The molecule has 0 radical (unpaired) electrons. The van der Waals surface area contributed by atoms with E-state index >= 15 is 0 Å². The third-order valence-electron chi connectivity index (χ3n) is 5.85. The number of aromatic nitrogens is 1. The third-order valence-corrected chi connectivity index (χ3v) is 5.85. The second kappa shape index (κ2) is 9.57. The molecule has 2 heterocycles. The minimum absolute atomic E-state index is 0.203. The highest BCUT2D eigenvalue weighted by atomic mass is 16.5. The Morgan fingerprint density at radius 1 is 1.09 bits per heavy atom. The van der Waals surface area contributed by atoms with Crippen molar-refractivity contribution in [2.75, 3.05) is 31.5 Å². The summed E-state index contributed by atoms with van der Waals surface area (Å²) in [6.45, 7) is 5.60. The molecule has 2 aromatic carbocycles. The maximum Gasteiger partial charge on any atom is 0.268 e. The summed E-state index contributed by atoms with van der Waals surface area (Å²) < 4.78 is 27.1.